The van der Waals surface area contributed by atoms with Crippen LogP contribution in [0.5, 0.6) is 0 Å². The first-order chi connectivity index (χ1) is 10.0. The lowest BCUT2D eigenvalue weighted by Gasteiger charge is -2.12. The monoisotopic (exact) mass is 288 g/mol. The number of halogens is 2. The molecule has 2 aromatic rings. The van der Waals surface area contributed by atoms with Gasteiger partial charge < -0.3 is 11.1 Å². The van der Waals surface area contributed by atoms with Crippen molar-refractivity contribution in [1.82, 2.24) is 5.32 Å². The van der Waals surface area contributed by atoms with E-state index in [1.165, 1.54) is 11.1 Å². The molecule has 3 nitrogen and oxygen atoms in total. The summed E-state index contributed by atoms with van der Waals surface area (Å²) in [5.74, 6) is -2.34. The Morgan fingerprint density at radius 3 is 2.14 bits per heavy atom. The zero-order chi connectivity index (χ0) is 15.0. The fourth-order valence-electron chi connectivity index (χ4n) is 2.65. The number of nitrogens with two attached hydrogens (primary N) is 1. The van der Waals surface area contributed by atoms with Crippen LogP contribution >= 0.6 is 0 Å². The van der Waals surface area contributed by atoms with E-state index in [-0.39, 0.29) is 11.6 Å². The van der Waals surface area contributed by atoms with Gasteiger partial charge in [0.15, 0.2) is 0 Å². The molecule has 0 radical (unpaired) electrons. The third-order valence-corrected chi connectivity index (χ3v) is 3.73. The van der Waals surface area contributed by atoms with Gasteiger partial charge in [-0.05, 0) is 36.1 Å². The molecule has 0 aliphatic heterocycles. The summed E-state index contributed by atoms with van der Waals surface area (Å²) in [5.41, 5.74) is 6.94. The molecule has 2 aromatic carbocycles. The standard InChI is InChI=1S/C16H14F2N2O/c17-13-7-11(8-14(18)15(13)19)16(21)20-12-5-9-3-1-2-4-10(9)6-12/h1-4,7-8,12H,5-6,19H2,(H,20,21). The van der Waals surface area contributed by atoms with Crippen molar-refractivity contribution in [3.63, 3.8) is 0 Å². The SMILES string of the molecule is Nc1c(F)cc(C(=O)NC2Cc3ccccc3C2)cc1F. The van der Waals surface area contributed by atoms with Crippen molar-refractivity contribution < 1.29 is 13.6 Å². The second-order valence-electron chi connectivity index (χ2n) is 5.20. The van der Waals surface area contributed by atoms with E-state index in [4.69, 9.17) is 5.73 Å². The normalized spacial score (nSPS) is 14.0. The van der Waals surface area contributed by atoms with E-state index in [9.17, 15) is 13.6 Å². The summed E-state index contributed by atoms with van der Waals surface area (Å²) in [7, 11) is 0. The molecular weight excluding hydrogens is 274 g/mol. The molecule has 0 atom stereocenters. The lowest BCUT2D eigenvalue weighted by atomic mass is 10.1. The third-order valence-electron chi connectivity index (χ3n) is 3.73. The van der Waals surface area contributed by atoms with Gasteiger partial charge in [-0.25, -0.2) is 8.78 Å². The van der Waals surface area contributed by atoms with E-state index in [0.29, 0.717) is 0 Å². The molecule has 3 rings (SSSR count). The van der Waals surface area contributed by atoms with Gasteiger partial charge in [-0.1, -0.05) is 24.3 Å². The molecule has 0 heterocycles. The van der Waals surface area contributed by atoms with Gasteiger partial charge in [-0.2, -0.15) is 0 Å². The van der Waals surface area contributed by atoms with E-state index in [1.807, 2.05) is 24.3 Å². The average Bonchev–Trinajstić information content (AvgIpc) is 2.86. The van der Waals surface area contributed by atoms with Gasteiger partial charge in [-0.15, -0.1) is 0 Å². The molecule has 108 valence electrons. The maximum absolute atomic E-state index is 13.4. The minimum Gasteiger partial charge on any atom is -0.394 e. The number of rotatable bonds is 2. The van der Waals surface area contributed by atoms with Gasteiger partial charge in [0.25, 0.3) is 5.91 Å². The highest BCUT2D eigenvalue weighted by molar-refractivity contribution is 5.94. The third kappa shape index (κ3) is 2.59. The summed E-state index contributed by atoms with van der Waals surface area (Å²) in [5, 5.41) is 2.80. The fraction of sp³-hybridized carbons (Fsp3) is 0.188. The quantitative estimate of drug-likeness (QED) is 0.834. The van der Waals surface area contributed by atoms with Crippen LogP contribution in [0.2, 0.25) is 0 Å². The van der Waals surface area contributed by atoms with Crippen molar-refractivity contribution in [1.29, 1.82) is 0 Å². The molecule has 3 N–H and O–H groups in total. The highest BCUT2D eigenvalue weighted by Crippen LogP contribution is 2.22. The van der Waals surface area contributed by atoms with Crippen LogP contribution in [0.1, 0.15) is 21.5 Å². The average molecular weight is 288 g/mol. The topological polar surface area (TPSA) is 55.1 Å². The Bertz CT molecular complexity index is 667. The second-order valence-corrected chi connectivity index (χ2v) is 5.20. The highest BCUT2D eigenvalue weighted by Gasteiger charge is 2.23. The molecule has 1 amide bonds. The molecule has 1 aliphatic carbocycles. The predicted octanol–water partition coefficient (Wildman–Crippen LogP) is 2.44. The second kappa shape index (κ2) is 5.16. The van der Waals surface area contributed by atoms with Crippen LogP contribution in [0.4, 0.5) is 14.5 Å². The summed E-state index contributed by atoms with van der Waals surface area (Å²) >= 11 is 0. The fourth-order valence-corrected chi connectivity index (χ4v) is 2.65. The van der Waals surface area contributed by atoms with Gasteiger partial charge in [0, 0.05) is 11.6 Å². The van der Waals surface area contributed by atoms with Crippen LogP contribution in [0.15, 0.2) is 36.4 Å². The Kier molecular flexibility index (Phi) is 3.33. The zero-order valence-corrected chi connectivity index (χ0v) is 11.2. The molecule has 0 bridgehead atoms. The lowest BCUT2D eigenvalue weighted by molar-refractivity contribution is 0.0937. The molecule has 21 heavy (non-hydrogen) atoms. The molecule has 5 heteroatoms. The first kappa shape index (κ1) is 13.5. The molecule has 0 saturated carbocycles. The van der Waals surface area contributed by atoms with Crippen LogP contribution in [-0.4, -0.2) is 11.9 Å². The summed E-state index contributed by atoms with van der Waals surface area (Å²) in [6.07, 6.45) is 1.45. The number of anilines is 1. The smallest absolute Gasteiger partial charge is 0.251 e. The number of nitrogen functional groups attached to an aromatic ring is 1. The largest absolute Gasteiger partial charge is 0.394 e. The Morgan fingerprint density at radius 1 is 1.10 bits per heavy atom. The number of hydrogen-bond donors (Lipinski definition) is 2. The number of carbonyl (C=O) groups is 1. The van der Waals surface area contributed by atoms with Crippen LogP contribution in [0.3, 0.4) is 0 Å². The number of fused-ring (bicyclic) bond motifs is 1. The van der Waals surface area contributed by atoms with Gasteiger partial charge in [0.05, 0.1) is 0 Å². The van der Waals surface area contributed by atoms with E-state index in [1.54, 1.807) is 0 Å². The van der Waals surface area contributed by atoms with Crippen molar-refractivity contribution in [2.24, 2.45) is 0 Å². The highest BCUT2D eigenvalue weighted by atomic mass is 19.1. The Labute approximate surface area is 120 Å². The Morgan fingerprint density at radius 2 is 1.62 bits per heavy atom. The first-order valence-electron chi connectivity index (χ1n) is 6.67. The van der Waals surface area contributed by atoms with Crippen molar-refractivity contribution in [3.05, 3.63) is 64.7 Å². The number of nitrogens with one attached hydrogen (secondary N) is 1. The van der Waals surface area contributed by atoms with Crippen LogP contribution in [0, 0.1) is 11.6 Å². The van der Waals surface area contributed by atoms with Gasteiger partial charge in [0.2, 0.25) is 0 Å². The summed E-state index contributed by atoms with van der Waals surface area (Å²) in [6.45, 7) is 0. The molecule has 1 aliphatic rings. The van der Waals surface area contributed by atoms with E-state index in [2.05, 4.69) is 5.32 Å². The summed E-state index contributed by atoms with van der Waals surface area (Å²) in [6, 6.07) is 9.79. The van der Waals surface area contributed by atoms with Crippen molar-refractivity contribution in [2.45, 2.75) is 18.9 Å². The molecule has 0 unspecified atom stereocenters. The number of carbonyl (C=O) groups excluding carboxylic acids is 1. The van der Waals surface area contributed by atoms with Gasteiger partial charge in [-0.3, -0.25) is 4.79 Å². The Balaban J connectivity index is 1.74. The predicted molar refractivity (Wildman–Crippen MR) is 75.9 cm³/mol. The zero-order valence-electron chi connectivity index (χ0n) is 11.2. The molecule has 0 fully saturated rings. The van der Waals surface area contributed by atoms with Crippen LogP contribution in [0.25, 0.3) is 0 Å². The van der Waals surface area contributed by atoms with Gasteiger partial charge in [0.1, 0.15) is 17.3 Å². The summed E-state index contributed by atoms with van der Waals surface area (Å²) in [4.78, 5) is 12.1. The molecule has 0 aromatic heterocycles. The minimum atomic E-state index is -0.921. The first-order valence-corrected chi connectivity index (χ1v) is 6.67. The number of hydrogen-bond acceptors (Lipinski definition) is 2. The maximum Gasteiger partial charge on any atom is 0.251 e. The lowest BCUT2D eigenvalue weighted by Crippen LogP contribution is -2.35. The molecule has 0 saturated heterocycles. The van der Waals surface area contributed by atoms with Crippen molar-refractivity contribution >= 4 is 11.6 Å². The number of amides is 1. The molecule has 0 spiro atoms. The van der Waals surface area contributed by atoms with Crippen molar-refractivity contribution in [2.75, 3.05) is 5.73 Å². The minimum absolute atomic E-state index is 0.0569. The Hall–Kier alpha value is -2.43. The maximum atomic E-state index is 13.4. The van der Waals surface area contributed by atoms with E-state index < -0.39 is 23.2 Å². The van der Waals surface area contributed by atoms with Crippen LogP contribution < -0.4 is 11.1 Å². The van der Waals surface area contributed by atoms with Gasteiger partial charge >= 0.3 is 0 Å². The number of benzene rings is 2. The van der Waals surface area contributed by atoms with Crippen LogP contribution in [-0.2, 0) is 12.8 Å². The van der Waals surface area contributed by atoms with Crippen molar-refractivity contribution in [3.8, 4) is 0 Å². The van der Waals surface area contributed by atoms with E-state index >= 15 is 0 Å². The molecular formula is C16H14F2N2O. The summed E-state index contributed by atoms with van der Waals surface area (Å²) < 4.78 is 26.8. The van der Waals surface area contributed by atoms with E-state index in [0.717, 1.165) is 25.0 Å².